The first-order chi connectivity index (χ1) is 14.5. The zero-order valence-electron chi connectivity index (χ0n) is 19.5. The van der Waals surface area contributed by atoms with Gasteiger partial charge in [0.1, 0.15) is 11.6 Å². The number of hydrogen-bond acceptors (Lipinski definition) is 5. The van der Waals surface area contributed by atoms with Crippen molar-refractivity contribution in [3.63, 3.8) is 0 Å². The van der Waals surface area contributed by atoms with Gasteiger partial charge in [0.05, 0.1) is 6.07 Å². The standard InChI is InChI=1S/C24H37N3O4/c1-14(2)20(21(29)31-12-19(28)27-23(5,13-25)15(3)4)26-22(30)24-9-16-6-17(10-24)8-18(7-16)11-24/h14-18,20H,6-12H2,1-5H3,(H,26,30)(H,27,28)/t16?,17?,18?,20-,23-,24?/m1/s1. The molecule has 0 aromatic rings. The highest BCUT2D eigenvalue weighted by molar-refractivity contribution is 5.89. The van der Waals surface area contributed by atoms with Crippen molar-refractivity contribution in [2.24, 2.45) is 35.0 Å². The Bertz CT molecular complexity index is 734. The minimum atomic E-state index is -1.03. The van der Waals surface area contributed by atoms with Crippen LogP contribution in [0, 0.1) is 46.3 Å². The molecule has 4 bridgehead atoms. The molecule has 4 saturated carbocycles. The summed E-state index contributed by atoms with van der Waals surface area (Å²) in [6.45, 7) is 8.56. The van der Waals surface area contributed by atoms with Crippen LogP contribution >= 0.6 is 0 Å². The van der Waals surface area contributed by atoms with Crippen molar-refractivity contribution in [2.45, 2.75) is 84.7 Å². The molecule has 4 rings (SSSR count). The molecule has 0 spiro atoms. The Hall–Kier alpha value is -2.10. The third-order valence-electron chi connectivity index (χ3n) is 7.86. The van der Waals surface area contributed by atoms with Crippen LogP contribution in [0.25, 0.3) is 0 Å². The molecule has 4 aliphatic carbocycles. The molecular weight excluding hydrogens is 394 g/mol. The second kappa shape index (κ2) is 8.80. The van der Waals surface area contributed by atoms with Crippen LogP contribution in [0.4, 0.5) is 0 Å². The Morgan fingerprint density at radius 3 is 2.00 bits per heavy atom. The number of rotatable bonds is 8. The van der Waals surface area contributed by atoms with E-state index in [0.29, 0.717) is 17.8 Å². The number of carbonyl (C=O) groups is 3. The van der Waals surface area contributed by atoms with Gasteiger partial charge in [-0.1, -0.05) is 27.7 Å². The van der Waals surface area contributed by atoms with Gasteiger partial charge in [-0.2, -0.15) is 5.26 Å². The number of carbonyl (C=O) groups excluding carboxylic acids is 3. The highest BCUT2D eigenvalue weighted by Gasteiger charge is 2.55. The average Bonchev–Trinajstić information content (AvgIpc) is 2.68. The van der Waals surface area contributed by atoms with Crippen LogP contribution < -0.4 is 10.6 Å². The highest BCUT2D eigenvalue weighted by Crippen LogP contribution is 2.60. The molecule has 4 aliphatic rings. The van der Waals surface area contributed by atoms with Gasteiger partial charge in [-0.3, -0.25) is 9.59 Å². The maximum atomic E-state index is 13.3. The van der Waals surface area contributed by atoms with Gasteiger partial charge in [0.25, 0.3) is 5.91 Å². The van der Waals surface area contributed by atoms with Crippen LogP contribution in [0.2, 0.25) is 0 Å². The lowest BCUT2D eigenvalue weighted by Gasteiger charge is -2.55. The van der Waals surface area contributed by atoms with Gasteiger partial charge < -0.3 is 15.4 Å². The van der Waals surface area contributed by atoms with E-state index in [1.807, 2.05) is 27.7 Å². The van der Waals surface area contributed by atoms with E-state index in [-0.39, 0.29) is 23.2 Å². The first-order valence-corrected chi connectivity index (χ1v) is 11.7. The van der Waals surface area contributed by atoms with Crippen molar-refractivity contribution in [3.05, 3.63) is 0 Å². The molecule has 2 N–H and O–H groups in total. The van der Waals surface area contributed by atoms with E-state index in [0.717, 1.165) is 19.3 Å². The fourth-order valence-electron chi connectivity index (χ4n) is 6.03. The smallest absolute Gasteiger partial charge is 0.329 e. The minimum Gasteiger partial charge on any atom is -0.454 e. The fraction of sp³-hybridized carbons (Fsp3) is 0.833. The topological polar surface area (TPSA) is 108 Å². The number of ether oxygens (including phenoxy) is 1. The van der Waals surface area contributed by atoms with E-state index < -0.39 is 30.1 Å². The van der Waals surface area contributed by atoms with Crippen molar-refractivity contribution in [3.8, 4) is 6.07 Å². The first kappa shape index (κ1) is 23.6. The van der Waals surface area contributed by atoms with Crippen molar-refractivity contribution in [2.75, 3.05) is 6.61 Å². The molecule has 0 unspecified atom stereocenters. The number of nitrogens with zero attached hydrogens (tertiary/aromatic N) is 1. The molecule has 0 heterocycles. The third kappa shape index (κ3) is 4.88. The molecular formula is C24H37N3O4. The normalized spacial score (nSPS) is 31.6. The Balaban J connectivity index is 1.58. The second-order valence-electron chi connectivity index (χ2n) is 11.0. The Morgan fingerprint density at radius 1 is 1.06 bits per heavy atom. The van der Waals surface area contributed by atoms with Crippen LogP contribution in [0.1, 0.15) is 73.1 Å². The summed E-state index contributed by atoms with van der Waals surface area (Å²) in [6.07, 6.45) is 6.51. The SMILES string of the molecule is CC(C)[C@@H](NC(=O)C12CC3CC(CC(C3)C1)C2)C(=O)OCC(=O)N[C@](C)(C#N)C(C)C. The number of nitrogens with one attached hydrogen (secondary N) is 2. The number of hydrogen-bond donors (Lipinski definition) is 2. The molecule has 172 valence electrons. The summed E-state index contributed by atoms with van der Waals surface area (Å²) in [4.78, 5) is 38.3. The van der Waals surface area contributed by atoms with Gasteiger partial charge in [-0.25, -0.2) is 4.79 Å². The number of nitriles is 1. The van der Waals surface area contributed by atoms with E-state index in [2.05, 4.69) is 16.7 Å². The summed E-state index contributed by atoms with van der Waals surface area (Å²) in [7, 11) is 0. The van der Waals surface area contributed by atoms with Crippen LogP contribution in [0.15, 0.2) is 0 Å². The zero-order chi connectivity index (χ0) is 23.0. The molecule has 0 saturated heterocycles. The van der Waals surface area contributed by atoms with Gasteiger partial charge in [0.2, 0.25) is 5.91 Å². The van der Waals surface area contributed by atoms with Crippen LogP contribution in [-0.2, 0) is 19.1 Å². The first-order valence-electron chi connectivity index (χ1n) is 11.7. The maximum Gasteiger partial charge on any atom is 0.329 e. The minimum absolute atomic E-state index is 0.0245. The summed E-state index contributed by atoms with van der Waals surface area (Å²) in [5.74, 6) is 0.506. The monoisotopic (exact) mass is 431 g/mol. The molecule has 0 radical (unpaired) electrons. The van der Waals surface area contributed by atoms with Crippen LogP contribution in [0.5, 0.6) is 0 Å². The zero-order valence-corrected chi connectivity index (χ0v) is 19.5. The number of amides is 2. The van der Waals surface area contributed by atoms with Crippen molar-refractivity contribution < 1.29 is 19.1 Å². The lowest BCUT2D eigenvalue weighted by atomic mass is 9.49. The van der Waals surface area contributed by atoms with E-state index in [1.54, 1.807) is 6.92 Å². The molecule has 2 atom stereocenters. The van der Waals surface area contributed by atoms with Gasteiger partial charge in [0, 0.05) is 5.41 Å². The predicted molar refractivity (Wildman–Crippen MR) is 115 cm³/mol. The summed E-state index contributed by atoms with van der Waals surface area (Å²) in [5, 5.41) is 14.9. The van der Waals surface area contributed by atoms with Gasteiger partial charge >= 0.3 is 5.97 Å². The molecule has 4 fully saturated rings. The van der Waals surface area contributed by atoms with Crippen LogP contribution in [-0.4, -0.2) is 36.0 Å². The fourth-order valence-corrected chi connectivity index (χ4v) is 6.03. The van der Waals surface area contributed by atoms with Gasteiger partial charge in [-0.05, 0) is 75.0 Å². The van der Waals surface area contributed by atoms with Crippen molar-refractivity contribution >= 4 is 17.8 Å². The average molecular weight is 432 g/mol. The van der Waals surface area contributed by atoms with Crippen molar-refractivity contribution in [1.82, 2.24) is 10.6 Å². The van der Waals surface area contributed by atoms with E-state index >= 15 is 0 Å². The highest BCUT2D eigenvalue weighted by atomic mass is 16.5. The molecule has 2 amide bonds. The molecule has 0 aliphatic heterocycles. The molecule has 31 heavy (non-hydrogen) atoms. The largest absolute Gasteiger partial charge is 0.454 e. The maximum absolute atomic E-state index is 13.3. The predicted octanol–water partition coefficient (Wildman–Crippen LogP) is 2.94. The Kier molecular flexibility index (Phi) is 6.69. The Morgan fingerprint density at radius 2 is 1.58 bits per heavy atom. The summed E-state index contributed by atoms with van der Waals surface area (Å²) in [6, 6.07) is 1.31. The molecule has 0 aromatic carbocycles. The summed E-state index contributed by atoms with van der Waals surface area (Å²) >= 11 is 0. The summed E-state index contributed by atoms with van der Waals surface area (Å²) in [5.41, 5.74) is -1.38. The molecule has 0 aromatic heterocycles. The Labute approximate surface area is 185 Å². The third-order valence-corrected chi connectivity index (χ3v) is 7.86. The van der Waals surface area contributed by atoms with Gasteiger partial charge in [-0.15, -0.1) is 0 Å². The van der Waals surface area contributed by atoms with Crippen LogP contribution in [0.3, 0.4) is 0 Å². The number of esters is 1. The van der Waals surface area contributed by atoms with E-state index in [4.69, 9.17) is 4.74 Å². The lowest BCUT2D eigenvalue weighted by Crippen LogP contribution is -2.57. The van der Waals surface area contributed by atoms with E-state index in [1.165, 1.54) is 19.3 Å². The van der Waals surface area contributed by atoms with E-state index in [9.17, 15) is 19.6 Å². The lowest BCUT2D eigenvalue weighted by molar-refractivity contribution is -0.157. The summed E-state index contributed by atoms with van der Waals surface area (Å²) < 4.78 is 5.24. The quantitative estimate of drug-likeness (QED) is 0.575. The second-order valence-corrected chi connectivity index (χ2v) is 11.0. The van der Waals surface area contributed by atoms with Gasteiger partial charge in [0.15, 0.2) is 6.61 Å². The molecule has 7 heteroatoms. The van der Waals surface area contributed by atoms with Crippen molar-refractivity contribution in [1.29, 1.82) is 5.26 Å². The molecule has 7 nitrogen and oxygen atoms in total.